The number of phenols is 1. The van der Waals surface area contributed by atoms with Gasteiger partial charge in [0.25, 0.3) is 0 Å². The molecule has 4 nitrogen and oxygen atoms in total. The Kier molecular flexibility index (Phi) is 3.88. The van der Waals surface area contributed by atoms with Crippen molar-refractivity contribution in [3.8, 4) is 11.5 Å². The first kappa shape index (κ1) is 11.8. The highest BCUT2D eigenvalue weighted by molar-refractivity contribution is 9.10. The molecule has 0 amide bonds. The molecule has 1 rings (SSSR count). The lowest BCUT2D eigenvalue weighted by atomic mass is 10.1. The van der Waals surface area contributed by atoms with Gasteiger partial charge in [0, 0.05) is 5.56 Å². The molecule has 1 N–H and O–H groups in total. The average Bonchev–Trinajstić information content (AvgIpc) is 2.17. The molecule has 0 aromatic heterocycles. The second kappa shape index (κ2) is 4.96. The van der Waals surface area contributed by atoms with Crippen LogP contribution in [0.4, 0.5) is 0 Å². The summed E-state index contributed by atoms with van der Waals surface area (Å²) in [4.78, 5) is 13.4. The molecule has 1 aromatic carbocycles. The number of ether oxygens (including phenoxy) is 1. The standard InChI is InChI=1S/C10H10BrNO3/c1-6-3-8(11)10(15-2)9(14)7(6)4-12-5-13/h3,14H,4H2,1-2H3. The van der Waals surface area contributed by atoms with Crippen molar-refractivity contribution in [2.45, 2.75) is 13.5 Å². The molecule has 1 aromatic rings. The van der Waals surface area contributed by atoms with E-state index in [4.69, 9.17) is 4.74 Å². The van der Waals surface area contributed by atoms with Gasteiger partial charge in [-0.05, 0) is 34.5 Å². The van der Waals surface area contributed by atoms with E-state index in [1.54, 1.807) is 6.07 Å². The number of aromatic hydroxyl groups is 1. The SMILES string of the molecule is COc1c(Br)cc(C)c(CN=C=O)c1O. The molecular formula is C10H10BrNO3. The average molecular weight is 272 g/mol. The van der Waals surface area contributed by atoms with Crippen LogP contribution < -0.4 is 4.74 Å². The van der Waals surface area contributed by atoms with Crippen LogP contribution in [0.3, 0.4) is 0 Å². The van der Waals surface area contributed by atoms with Crippen LogP contribution in [0.15, 0.2) is 15.5 Å². The number of isocyanates is 1. The first-order valence-corrected chi connectivity index (χ1v) is 4.99. The van der Waals surface area contributed by atoms with E-state index in [0.717, 1.165) is 5.56 Å². The summed E-state index contributed by atoms with van der Waals surface area (Å²) >= 11 is 3.27. The van der Waals surface area contributed by atoms with Crippen LogP contribution in [0.2, 0.25) is 0 Å². The minimum Gasteiger partial charge on any atom is -0.504 e. The van der Waals surface area contributed by atoms with Crippen LogP contribution in [-0.2, 0) is 11.3 Å². The van der Waals surface area contributed by atoms with Gasteiger partial charge < -0.3 is 9.84 Å². The predicted molar refractivity (Wildman–Crippen MR) is 58.9 cm³/mol. The van der Waals surface area contributed by atoms with Crippen LogP contribution in [0.5, 0.6) is 11.5 Å². The second-order valence-electron chi connectivity index (χ2n) is 2.94. The summed E-state index contributed by atoms with van der Waals surface area (Å²) in [5, 5.41) is 9.83. The summed E-state index contributed by atoms with van der Waals surface area (Å²) in [5.41, 5.74) is 1.40. The van der Waals surface area contributed by atoms with E-state index in [9.17, 15) is 9.90 Å². The highest BCUT2D eigenvalue weighted by Crippen LogP contribution is 2.39. The number of aryl methyl sites for hydroxylation is 1. The van der Waals surface area contributed by atoms with Gasteiger partial charge >= 0.3 is 0 Å². The lowest BCUT2D eigenvalue weighted by Gasteiger charge is -2.11. The van der Waals surface area contributed by atoms with Gasteiger partial charge in [0.05, 0.1) is 18.1 Å². The largest absolute Gasteiger partial charge is 0.504 e. The quantitative estimate of drug-likeness (QED) is 0.678. The molecule has 0 unspecified atom stereocenters. The van der Waals surface area contributed by atoms with Crippen molar-refractivity contribution in [1.82, 2.24) is 0 Å². The molecule has 0 radical (unpaired) electrons. The van der Waals surface area contributed by atoms with E-state index in [1.807, 2.05) is 6.92 Å². The highest BCUT2D eigenvalue weighted by atomic mass is 79.9. The molecule has 0 aliphatic heterocycles. The summed E-state index contributed by atoms with van der Waals surface area (Å²) in [7, 11) is 1.46. The molecule has 0 aliphatic rings. The number of phenolic OH excluding ortho intramolecular Hbond substituents is 1. The normalized spacial score (nSPS) is 9.53. The van der Waals surface area contributed by atoms with Crippen molar-refractivity contribution in [3.05, 3.63) is 21.7 Å². The summed E-state index contributed by atoms with van der Waals surface area (Å²) in [6, 6.07) is 1.80. The minimum absolute atomic E-state index is 0.00313. The number of benzene rings is 1. The van der Waals surface area contributed by atoms with Crippen molar-refractivity contribution in [2.75, 3.05) is 7.11 Å². The predicted octanol–water partition coefficient (Wildman–Crippen LogP) is 2.31. The summed E-state index contributed by atoms with van der Waals surface area (Å²) in [5.74, 6) is 0.347. The number of rotatable bonds is 3. The van der Waals surface area contributed by atoms with E-state index < -0.39 is 0 Å². The summed E-state index contributed by atoms with van der Waals surface area (Å²) in [6.07, 6.45) is 1.43. The molecule has 0 saturated carbocycles. The molecule has 0 heterocycles. The van der Waals surface area contributed by atoms with Gasteiger partial charge in [0.1, 0.15) is 0 Å². The van der Waals surface area contributed by atoms with E-state index in [0.29, 0.717) is 15.8 Å². The number of hydrogen-bond donors (Lipinski definition) is 1. The molecule has 0 saturated heterocycles. The zero-order valence-electron chi connectivity index (χ0n) is 8.37. The molecule has 0 aliphatic carbocycles. The van der Waals surface area contributed by atoms with E-state index in [2.05, 4.69) is 20.9 Å². The van der Waals surface area contributed by atoms with Crippen molar-refractivity contribution in [3.63, 3.8) is 0 Å². The fourth-order valence-corrected chi connectivity index (χ4v) is 1.98. The van der Waals surface area contributed by atoms with Crippen molar-refractivity contribution in [2.24, 2.45) is 4.99 Å². The molecule has 15 heavy (non-hydrogen) atoms. The Morgan fingerprint density at radius 2 is 2.33 bits per heavy atom. The van der Waals surface area contributed by atoms with Gasteiger partial charge in [-0.25, -0.2) is 9.79 Å². The Bertz CT molecular complexity index is 425. The summed E-state index contributed by atoms with van der Waals surface area (Å²) < 4.78 is 5.68. The van der Waals surface area contributed by atoms with Crippen LogP contribution in [-0.4, -0.2) is 18.3 Å². The molecule has 0 fully saturated rings. The number of hydrogen-bond acceptors (Lipinski definition) is 4. The highest BCUT2D eigenvalue weighted by Gasteiger charge is 2.14. The van der Waals surface area contributed by atoms with Crippen molar-refractivity contribution >= 4 is 22.0 Å². The van der Waals surface area contributed by atoms with E-state index in [1.165, 1.54) is 13.2 Å². The lowest BCUT2D eigenvalue weighted by Crippen LogP contribution is -1.94. The van der Waals surface area contributed by atoms with Gasteiger partial charge in [-0.15, -0.1) is 0 Å². The number of methoxy groups -OCH3 is 1. The summed E-state index contributed by atoms with van der Waals surface area (Å²) in [6.45, 7) is 1.92. The Morgan fingerprint density at radius 1 is 1.67 bits per heavy atom. The Labute approximate surface area is 95.7 Å². The van der Waals surface area contributed by atoms with E-state index >= 15 is 0 Å². The minimum atomic E-state index is 0.00313. The van der Waals surface area contributed by atoms with Gasteiger partial charge in [-0.3, -0.25) is 0 Å². The lowest BCUT2D eigenvalue weighted by molar-refractivity contribution is 0.368. The number of aliphatic imine (C=N–C) groups is 1. The van der Waals surface area contributed by atoms with Crippen LogP contribution in [0.25, 0.3) is 0 Å². The topological polar surface area (TPSA) is 58.9 Å². The third-order valence-electron chi connectivity index (χ3n) is 2.04. The number of nitrogens with zero attached hydrogens (tertiary/aromatic N) is 1. The van der Waals surface area contributed by atoms with Gasteiger partial charge in [-0.2, -0.15) is 0 Å². The third kappa shape index (κ3) is 2.37. The van der Waals surface area contributed by atoms with Crippen LogP contribution >= 0.6 is 15.9 Å². The maximum Gasteiger partial charge on any atom is 0.235 e. The molecule has 80 valence electrons. The number of halogens is 1. The van der Waals surface area contributed by atoms with Crippen LogP contribution in [0, 0.1) is 6.92 Å². The van der Waals surface area contributed by atoms with Crippen molar-refractivity contribution < 1.29 is 14.6 Å². The fraction of sp³-hybridized carbons (Fsp3) is 0.300. The molecule has 0 spiro atoms. The Balaban J connectivity index is 3.31. The Morgan fingerprint density at radius 3 is 2.87 bits per heavy atom. The van der Waals surface area contributed by atoms with Crippen molar-refractivity contribution in [1.29, 1.82) is 0 Å². The Hall–Kier alpha value is -1.32. The van der Waals surface area contributed by atoms with Gasteiger partial charge in [0.15, 0.2) is 11.5 Å². The zero-order chi connectivity index (χ0) is 11.4. The van der Waals surface area contributed by atoms with Gasteiger partial charge in [-0.1, -0.05) is 0 Å². The molecule has 0 bridgehead atoms. The zero-order valence-corrected chi connectivity index (χ0v) is 9.96. The monoisotopic (exact) mass is 271 g/mol. The smallest absolute Gasteiger partial charge is 0.235 e. The molecular weight excluding hydrogens is 262 g/mol. The van der Waals surface area contributed by atoms with Crippen LogP contribution in [0.1, 0.15) is 11.1 Å². The first-order valence-electron chi connectivity index (χ1n) is 4.20. The maximum atomic E-state index is 10.0. The third-order valence-corrected chi connectivity index (χ3v) is 2.63. The van der Waals surface area contributed by atoms with Gasteiger partial charge in [0.2, 0.25) is 6.08 Å². The number of carbonyl (C=O) groups excluding carboxylic acids is 1. The molecule has 0 atom stereocenters. The molecule has 5 heteroatoms. The second-order valence-corrected chi connectivity index (χ2v) is 3.80. The van der Waals surface area contributed by atoms with E-state index in [-0.39, 0.29) is 12.3 Å². The first-order chi connectivity index (χ1) is 7.11. The maximum absolute atomic E-state index is 10.0. The fourth-order valence-electron chi connectivity index (χ4n) is 1.28.